The standard InChI is InChI=1S/C29H26ClN3O8/c1-12-10-15-19(24(35)29(12)25(36)20-16(39-4)11-17(40-5)22(30)23(20)41-29)18(13-6-8-14(34)9-7-13)21-26(31-15)32(2)28(38)33(3)27(21)37/h6-9,11-12,18,31,34H,10H2,1-5H3/t12-,18+,29+/m1/s1. The van der Waals surface area contributed by atoms with Crippen molar-refractivity contribution < 1.29 is 28.9 Å². The van der Waals surface area contributed by atoms with Gasteiger partial charge in [-0.25, -0.2) is 4.79 Å². The minimum absolute atomic E-state index is 0.00836. The number of Topliss-reactive ketones (excluding diaryl/α,β-unsaturated/α-hetero) is 2. The van der Waals surface area contributed by atoms with E-state index in [1.165, 1.54) is 51.1 Å². The summed E-state index contributed by atoms with van der Waals surface area (Å²) in [6.45, 7) is 1.72. The van der Waals surface area contributed by atoms with Gasteiger partial charge in [-0.3, -0.25) is 23.5 Å². The number of allylic oxidation sites excluding steroid dienone is 1. The predicted molar refractivity (Wildman–Crippen MR) is 149 cm³/mol. The number of rotatable bonds is 3. The Kier molecular flexibility index (Phi) is 5.86. The predicted octanol–water partition coefficient (Wildman–Crippen LogP) is 2.89. The van der Waals surface area contributed by atoms with E-state index in [4.69, 9.17) is 25.8 Å². The molecule has 11 nitrogen and oxygen atoms in total. The molecule has 6 rings (SSSR count). The van der Waals surface area contributed by atoms with Crippen LogP contribution in [0.4, 0.5) is 5.82 Å². The van der Waals surface area contributed by atoms with Crippen LogP contribution >= 0.6 is 11.6 Å². The summed E-state index contributed by atoms with van der Waals surface area (Å²) >= 11 is 6.57. The quantitative estimate of drug-likeness (QED) is 0.448. The average Bonchev–Trinajstić information content (AvgIpc) is 3.28. The molecule has 0 fully saturated rings. The summed E-state index contributed by atoms with van der Waals surface area (Å²) in [5.74, 6) is -2.32. The number of hydrogen-bond donors (Lipinski definition) is 2. The van der Waals surface area contributed by atoms with Gasteiger partial charge in [-0.15, -0.1) is 0 Å². The highest BCUT2D eigenvalue weighted by Crippen LogP contribution is 2.56. The first-order valence-corrected chi connectivity index (χ1v) is 13.2. The Morgan fingerprint density at radius 1 is 1.02 bits per heavy atom. The van der Waals surface area contributed by atoms with Crippen molar-refractivity contribution >= 4 is 29.0 Å². The van der Waals surface area contributed by atoms with Gasteiger partial charge in [0, 0.05) is 43.3 Å². The molecule has 3 heterocycles. The third-order valence-corrected chi connectivity index (χ3v) is 8.66. The van der Waals surface area contributed by atoms with Gasteiger partial charge < -0.3 is 24.6 Å². The van der Waals surface area contributed by atoms with Crippen LogP contribution in [0, 0.1) is 5.92 Å². The van der Waals surface area contributed by atoms with Crippen LogP contribution in [0.25, 0.3) is 0 Å². The van der Waals surface area contributed by atoms with Gasteiger partial charge in [0.05, 0.1) is 19.8 Å². The van der Waals surface area contributed by atoms with Crippen LogP contribution in [0.5, 0.6) is 23.0 Å². The Bertz CT molecular complexity index is 1840. The molecule has 0 bridgehead atoms. The second-order valence-corrected chi connectivity index (χ2v) is 10.8. The van der Waals surface area contributed by atoms with E-state index < -0.39 is 40.3 Å². The summed E-state index contributed by atoms with van der Waals surface area (Å²) in [6, 6.07) is 7.54. The number of carbonyl (C=O) groups excluding carboxylic acids is 2. The number of anilines is 1. The van der Waals surface area contributed by atoms with Gasteiger partial charge in [-0.2, -0.15) is 0 Å². The molecule has 3 aromatic rings. The van der Waals surface area contributed by atoms with Crippen molar-refractivity contribution in [3.05, 3.63) is 84.2 Å². The molecule has 1 aliphatic carbocycles. The summed E-state index contributed by atoms with van der Waals surface area (Å²) in [7, 11) is 5.69. The van der Waals surface area contributed by atoms with Crippen LogP contribution in [-0.4, -0.2) is 45.6 Å². The summed E-state index contributed by atoms with van der Waals surface area (Å²) in [5.41, 5.74) is -1.83. The van der Waals surface area contributed by atoms with Crippen molar-refractivity contribution in [2.24, 2.45) is 20.0 Å². The van der Waals surface area contributed by atoms with Gasteiger partial charge in [-0.05, 0) is 24.1 Å². The molecule has 1 aromatic heterocycles. The van der Waals surface area contributed by atoms with Crippen molar-refractivity contribution in [3.8, 4) is 23.0 Å². The third-order valence-electron chi connectivity index (χ3n) is 8.30. The normalized spacial score (nSPS) is 22.6. The zero-order valence-corrected chi connectivity index (χ0v) is 23.6. The van der Waals surface area contributed by atoms with Gasteiger partial charge in [0.2, 0.25) is 17.2 Å². The molecule has 1 spiro atoms. The lowest BCUT2D eigenvalue weighted by molar-refractivity contribution is -0.130. The fourth-order valence-electron chi connectivity index (χ4n) is 6.19. The van der Waals surface area contributed by atoms with Gasteiger partial charge in [0.1, 0.15) is 33.7 Å². The number of fused-ring (bicyclic) bond motifs is 2. The van der Waals surface area contributed by atoms with Gasteiger partial charge in [-0.1, -0.05) is 30.7 Å². The van der Waals surface area contributed by atoms with E-state index in [1.807, 2.05) is 0 Å². The number of ether oxygens (including phenoxy) is 3. The molecule has 2 aromatic carbocycles. The van der Waals surface area contributed by atoms with E-state index in [9.17, 15) is 24.3 Å². The average molecular weight is 580 g/mol. The molecular weight excluding hydrogens is 554 g/mol. The van der Waals surface area contributed by atoms with E-state index in [1.54, 1.807) is 19.1 Å². The van der Waals surface area contributed by atoms with E-state index >= 15 is 0 Å². The Morgan fingerprint density at radius 3 is 2.32 bits per heavy atom. The highest BCUT2D eigenvalue weighted by molar-refractivity contribution is 6.36. The molecule has 2 N–H and O–H groups in total. The van der Waals surface area contributed by atoms with Crippen LogP contribution in [0.1, 0.15) is 40.7 Å². The molecule has 41 heavy (non-hydrogen) atoms. The smallest absolute Gasteiger partial charge is 0.332 e. The SMILES string of the molecule is COc1cc(OC)c2c(c1Cl)O[C@@]1(C(=O)C3=C(C[C@H]1C)Nc1c(c(=O)n(C)c(=O)n1C)[C@H]3c1ccc(O)cc1)C2=O. The van der Waals surface area contributed by atoms with E-state index in [0.29, 0.717) is 11.3 Å². The van der Waals surface area contributed by atoms with Gasteiger partial charge in [0.25, 0.3) is 5.56 Å². The van der Waals surface area contributed by atoms with Crippen LogP contribution in [-0.2, 0) is 18.9 Å². The fraction of sp³-hybridized carbons (Fsp3) is 0.310. The van der Waals surface area contributed by atoms with Crippen molar-refractivity contribution in [3.63, 3.8) is 0 Å². The summed E-state index contributed by atoms with van der Waals surface area (Å²) in [5, 5.41) is 13.2. The monoisotopic (exact) mass is 579 g/mol. The molecule has 0 saturated heterocycles. The number of aromatic hydroxyl groups is 1. The number of phenols is 1. The summed E-state index contributed by atoms with van der Waals surface area (Å²) in [4.78, 5) is 55.4. The van der Waals surface area contributed by atoms with Crippen LogP contribution in [0.15, 0.2) is 51.2 Å². The van der Waals surface area contributed by atoms with E-state index in [-0.39, 0.29) is 57.0 Å². The first-order valence-electron chi connectivity index (χ1n) is 12.8. The van der Waals surface area contributed by atoms with Crippen molar-refractivity contribution in [1.29, 1.82) is 0 Å². The maximum Gasteiger partial charge on any atom is 0.332 e. The van der Waals surface area contributed by atoms with Gasteiger partial charge >= 0.3 is 5.69 Å². The number of phenolic OH excluding ortho intramolecular Hbond substituents is 1. The number of nitrogens with one attached hydrogen (secondary N) is 1. The Hall–Kier alpha value is -4.51. The Labute approximate surface area is 238 Å². The number of aromatic nitrogens is 2. The molecule has 0 amide bonds. The highest BCUT2D eigenvalue weighted by Gasteiger charge is 2.63. The summed E-state index contributed by atoms with van der Waals surface area (Å²) < 4.78 is 19.4. The lowest BCUT2D eigenvalue weighted by atomic mass is 9.66. The number of benzene rings is 2. The fourth-order valence-corrected chi connectivity index (χ4v) is 6.45. The largest absolute Gasteiger partial charge is 0.508 e. The molecule has 212 valence electrons. The van der Waals surface area contributed by atoms with Crippen molar-refractivity contribution in [2.45, 2.75) is 24.9 Å². The number of carbonyl (C=O) groups is 2. The van der Waals surface area contributed by atoms with Crippen LogP contribution in [0.2, 0.25) is 5.02 Å². The number of nitrogens with zero attached hydrogens (tertiary/aromatic N) is 2. The number of hydrogen-bond acceptors (Lipinski definition) is 9. The maximum atomic E-state index is 14.8. The van der Waals surface area contributed by atoms with Crippen molar-refractivity contribution in [2.75, 3.05) is 19.5 Å². The Balaban J connectivity index is 1.61. The van der Waals surface area contributed by atoms with Crippen LogP contribution < -0.4 is 30.8 Å². The lowest BCUT2D eigenvalue weighted by Gasteiger charge is -2.42. The molecule has 2 aliphatic heterocycles. The minimum atomic E-state index is -2.00. The number of halogens is 1. The van der Waals surface area contributed by atoms with E-state index in [2.05, 4.69) is 5.32 Å². The first kappa shape index (κ1) is 26.7. The number of ketones is 2. The molecule has 0 unspecified atom stereocenters. The topological polar surface area (TPSA) is 138 Å². The molecule has 12 heteroatoms. The third kappa shape index (κ3) is 3.38. The first-order chi connectivity index (χ1) is 19.5. The molecule has 0 saturated carbocycles. The maximum absolute atomic E-state index is 14.8. The minimum Gasteiger partial charge on any atom is -0.508 e. The molecular formula is C29H26ClN3O8. The van der Waals surface area contributed by atoms with Crippen molar-refractivity contribution in [1.82, 2.24) is 9.13 Å². The second-order valence-electron chi connectivity index (χ2n) is 10.4. The molecule has 3 aliphatic rings. The Morgan fingerprint density at radius 2 is 1.68 bits per heavy atom. The van der Waals surface area contributed by atoms with Crippen LogP contribution in [0.3, 0.4) is 0 Å². The lowest BCUT2D eigenvalue weighted by Crippen LogP contribution is -2.58. The van der Waals surface area contributed by atoms with E-state index in [0.717, 1.165) is 4.57 Å². The summed E-state index contributed by atoms with van der Waals surface area (Å²) in [6.07, 6.45) is 0.176. The molecule has 0 radical (unpaired) electrons. The molecule has 3 atom stereocenters. The highest BCUT2D eigenvalue weighted by atomic mass is 35.5. The second kappa shape index (κ2) is 9.00. The zero-order chi connectivity index (χ0) is 29.5. The zero-order valence-electron chi connectivity index (χ0n) is 22.8. The number of methoxy groups -OCH3 is 2. The van der Waals surface area contributed by atoms with Gasteiger partial charge in [0.15, 0.2) is 5.75 Å².